The third kappa shape index (κ3) is 3.96. The lowest BCUT2D eigenvalue weighted by atomic mass is 10.0. The van der Waals surface area contributed by atoms with Gasteiger partial charge in [0.25, 0.3) is 5.91 Å². The Morgan fingerprint density at radius 2 is 2.11 bits per heavy atom. The molecule has 0 aliphatic rings. The van der Waals surface area contributed by atoms with Gasteiger partial charge in [-0.1, -0.05) is 25.1 Å². The van der Waals surface area contributed by atoms with Crippen molar-refractivity contribution in [2.24, 2.45) is 0 Å². The first-order valence-electron chi connectivity index (χ1n) is 5.82. The van der Waals surface area contributed by atoms with Gasteiger partial charge < -0.3 is 10.4 Å². The van der Waals surface area contributed by atoms with E-state index in [0.29, 0.717) is 12.1 Å². The SMILES string of the molecule is CCCNC(=O)/C(C#N)=C\c1ccccc1C(=O)O. The number of carbonyl (C=O) groups excluding carboxylic acids is 1. The molecular weight excluding hydrogens is 244 g/mol. The predicted octanol–water partition coefficient (Wildman–Crippen LogP) is 1.82. The molecule has 1 aromatic carbocycles. The van der Waals surface area contributed by atoms with Crippen molar-refractivity contribution in [2.45, 2.75) is 13.3 Å². The van der Waals surface area contributed by atoms with Crippen LogP contribution in [0, 0.1) is 11.3 Å². The maximum absolute atomic E-state index is 11.7. The molecule has 0 saturated heterocycles. The van der Waals surface area contributed by atoms with Crippen LogP contribution < -0.4 is 5.32 Å². The number of hydrogen-bond donors (Lipinski definition) is 2. The molecule has 0 spiro atoms. The average molecular weight is 258 g/mol. The monoisotopic (exact) mass is 258 g/mol. The molecule has 0 aliphatic heterocycles. The summed E-state index contributed by atoms with van der Waals surface area (Å²) in [4.78, 5) is 22.7. The first-order valence-corrected chi connectivity index (χ1v) is 5.82. The van der Waals surface area contributed by atoms with Crippen LogP contribution in [0.3, 0.4) is 0 Å². The van der Waals surface area contributed by atoms with Crippen molar-refractivity contribution in [3.63, 3.8) is 0 Å². The molecule has 0 radical (unpaired) electrons. The zero-order valence-corrected chi connectivity index (χ0v) is 10.5. The van der Waals surface area contributed by atoms with E-state index < -0.39 is 11.9 Å². The van der Waals surface area contributed by atoms with Crippen LogP contribution in [0.25, 0.3) is 6.08 Å². The number of carbonyl (C=O) groups is 2. The van der Waals surface area contributed by atoms with Crippen molar-refractivity contribution in [3.05, 3.63) is 41.0 Å². The Hall–Kier alpha value is -2.61. The quantitative estimate of drug-likeness (QED) is 0.622. The standard InChI is InChI=1S/C14H14N2O3/c1-2-7-16-13(17)11(9-15)8-10-5-3-4-6-12(10)14(18)19/h3-6,8H,2,7H2,1H3,(H,16,17)(H,18,19)/b11-8-. The summed E-state index contributed by atoms with van der Waals surface area (Å²) in [6, 6.07) is 7.99. The lowest BCUT2D eigenvalue weighted by Crippen LogP contribution is -2.25. The lowest BCUT2D eigenvalue weighted by molar-refractivity contribution is -0.117. The zero-order chi connectivity index (χ0) is 14.3. The second kappa shape index (κ2) is 6.97. The van der Waals surface area contributed by atoms with Gasteiger partial charge in [0.15, 0.2) is 0 Å². The minimum atomic E-state index is -1.10. The van der Waals surface area contributed by atoms with Crippen molar-refractivity contribution in [1.29, 1.82) is 5.26 Å². The Labute approximate surface area is 111 Å². The number of carboxylic acids is 1. The summed E-state index contributed by atoms with van der Waals surface area (Å²) in [6.45, 7) is 2.37. The van der Waals surface area contributed by atoms with E-state index >= 15 is 0 Å². The summed E-state index contributed by atoms with van der Waals surface area (Å²) in [5.74, 6) is -1.59. The number of nitriles is 1. The molecule has 0 heterocycles. The highest BCUT2D eigenvalue weighted by atomic mass is 16.4. The van der Waals surface area contributed by atoms with Gasteiger partial charge in [-0.3, -0.25) is 4.79 Å². The molecule has 1 aromatic rings. The molecule has 0 saturated carbocycles. The Morgan fingerprint density at radius 3 is 2.68 bits per heavy atom. The van der Waals surface area contributed by atoms with Gasteiger partial charge in [0.2, 0.25) is 0 Å². The minimum Gasteiger partial charge on any atom is -0.478 e. The molecule has 5 nitrogen and oxygen atoms in total. The maximum atomic E-state index is 11.7. The van der Waals surface area contributed by atoms with Gasteiger partial charge in [0.05, 0.1) is 5.56 Å². The Bertz CT molecular complexity index is 556. The van der Waals surface area contributed by atoms with Crippen LogP contribution in [0.15, 0.2) is 29.8 Å². The number of aromatic carboxylic acids is 1. The number of rotatable bonds is 5. The summed E-state index contributed by atoms with van der Waals surface area (Å²) in [7, 11) is 0. The molecular formula is C14H14N2O3. The fourth-order valence-corrected chi connectivity index (χ4v) is 1.46. The topological polar surface area (TPSA) is 90.2 Å². The molecule has 0 atom stereocenters. The van der Waals surface area contributed by atoms with Crippen molar-refractivity contribution >= 4 is 18.0 Å². The smallest absolute Gasteiger partial charge is 0.336 e. The molecule has 0 unspecified atom stereocenters. The zero-order valence-electron chi connectivity index (χ0n) is 10.5. The molecule has 2 N–H and O–H groups in total. The van der Waals surface area contributed by atoms with Crippen molar-refractivity contribution < 1.29 is 14.7 Å². The third-order valence-electron chi connectivity index (χ3n) is 2.39. The van der Waals surface area contributed by atoms with E-state index in [4.69, 9.17) is 10.4 Å². The fourth-order valence-electron chi connectivity index (χ4n) is 1.46. The summed E-state index contributed by atoms with van der Waals surface area (Å²) in [5, 5.41) is 20.6. The van der Waals surface area contributed by atoms with Gasteiger partial charge in [-0.15, -0.1) is 0 Å². The minimum absolute atomic E-state index is 0.0542. The number of carboxylic acid groups (broad SMARTS) is 1. The Balaban J connectivity index is 3.09. The highest BCUT2D eigenvalue weighted by Gasteiger charge is 2.12. The molecule has 5 heteroatoms. The molecule has 0 bridgehead atoms. The van der Waals surface area contributed by atoms with E-state index in [1.807, 2.05) is 6.92 Å². The van der Waals surface area contributed by atoms with Crippen LogP contribution in [0.5, 0.6) is 0 Å². The number of amides is 1. The van der Waals surface area contributed by atoms with Crippen LogP contribution in [0.2, 0.25) is 0 Å². The highest BCUT2D eigenvalue weighted by molar-refractivity contribution is 6.03. The van der Waals surface area contributed by atoms with E-state index in [9.17, 15) is 9.59 Å². The van der Waals surface area contributed by atoms with Crippen LogP contribution in [0.4, 0.5) is 0 Å². The van der Waals surface area contributed by atoms with E-state index in [1.165, 1.54) is 12.1 Å². The summed E-state index contributed by atoms with van der Waals surface area (Å²) in [5.41, 5.74) is 0.277. The largest absolute Gasteiger partial charge is 0.478 e. The van der Waals surface area contributed by atoms with E-state index in [0.717, 1.165) is 6.42 Å². The number of hydrogen-bond acceptors (Lipinski definition) is 3. The average Bonchev–Trinajstić information content (AvgIpc) is 2.42. The van der Waals surface area contributed by atoms with Gasteiger partial charge in [-0.25, -0.2) is 4.79 Å². The van der Waals surface area contributed by atoms with E-state index in [1.54, 1.807) is 24.3 Å². The molecule has 19 heavy (non-hydrogen) atoms. The molecule has 0 fully saturated rings. The number of nitrogens with one attached hydrogen (secondary N) is 1. The fraction of sp³-hybridized carbons (Fsp3) is 0.214. The maximum Gasteiger partial charge on any atom is 0.336 e. The second-order valence-electron chi connectivity index (χ2n) is 3.82. The molecule has 98 valence electrons. The third-order valence-corrected chi connectivity index (χ3v) is 2.39. The van der Waals surface area contributed by atoms with Crippen LogP contribution in [-0.2, 0) is 4.79 Å². The summed E-state index contributed by atoms with van der Waals surface area (Å²) in [6.07, 6.45) is 2.05. The summed E-state index contributed by atoms with van der Waals surface area (Å²) < 4.78 is 0. The van der Waals surface area contributed by atoms with Crippen molar-refractivity contribution in [3.8, 4) is 6.07 Å². The number of nitrogens with zero attached hydrogens (tertiary/aromatic N) is 1. The predicted molar refractivity (Wildman–Crippen MR) is 70.3 cm³/mol. The molecule has 1 rings (SSSR count). The first-order chi connectivity index (χ1) is 9.10. The number of benzene rings is 1. The van der Waals surface area contributed by atoms with Crippen molar-refractivity contribution in [1.82, 2.24) is 5.32 Å². The Kier molecular flexibility index (Phi) is 5.30. The first kappa shape index (κ1) is 14.5. The van der Waals surface area contributed by atoms with Gasteiger partial charge in [-0.05, 0) is 24.1 Å². The lowest BCUT2D eigenvalue weighted by Gasteiger charge is -2.03. The molecule has 0 aliphatic carbocycles. The van der Waals surface area contributed by atoms with E-state index in [2.05, 4.69) is 5.32 Å². The van der Waals surface area contributed by atoms with E-state index in [-0.39, 0.29) is 11.1 Å². The second-order valence-corrected chi connectivity index (χ2v) is 3.82. The normalized spacial score (nSPS) is 10.6. The van der Waals surface area contributed by atoms with Gasteiger partial charge in [0, 0.05) is 6.54 Å². The van der Waals surface area contributed by atoms with Crippen molar-refractivity contribution in [2.75, 3.05) is 6.54 Å². The van der Waals surface area contributed by atoms with Crippen LogP contribution >= 0.6 is 0 Å². The van der Waals surface area contributed by atoms with Gasteiger partial charge in [0.1, 0.15) is 11.6 Å². The van der Waals surface area contributed by atoms with Crippen LogP contribution in [0.1, 0.15) is 29.3 Å². The molecule has 1 amide bonds. The van der Waals surface area contributed by atoms with Gasteiger partial charge >= 0.3 is 5.97 Å². The Morgan fingerprint density at radius 1 is 1.42 bits per heavy atom. The van der Waals surface area contributed by atoms with Crippen LogP contribution in [-0.4, -0.2) is 23.5 Å². The summed E-state index contributed by atoms with van der Waals surface area (Å²) >= 11 is 0. The highest BCUT2D eigenvalue weighted by Crippen LogP contribution is 2.13. The van der Waals surface area contributed by atoms with Gasteiger partial charge in [-0.2, -0.15) is 5.26 Å². The molecule has 0 aromatic heterocycles.